The van der Waals surface area contributed by atoms with E-state index in [9.17, 15) is 0 Å². The molecule has 0 amide bonds. The maximum absolute atomic E-state index is 6.45. The molecule has 0 unspecified atom stereocenters. The van der Waals surface area contributed by atoms with Crippen LogP contribution in [-0.4, -0.2) is 6.61 Å². The molecule has 0 aliphatic carbocycles. The Morgan fingerprint density at radius 1 is 1.15 bits per heavy atom. The zero-order valence-corrected chi connectivity index (χ0v) is 13.7. The summed E-state index contributed by atoms with van der Waals surface area (Å²) in [5.41, 5.74) is 1.28. The number of benzene rings is 2. The molecule has 108 valence electrons. The third kappa shape index (κ3) is 3.21. The molecule has 1 nitrogen and oxygen atoms in total. The average molecular weight is 311 g/mol. The fourth-order valence-electron chi connectivity index (χ4n) is 2.14. The van der Waals surface area contributed by atoms with E-state index in [1.165, 1.54) is 5.56 Å². The molecule has 20 heavy (non-hydrogen) atoms. The molecule has 3 heteroatoms. The lowest BCUT2D eigenvalue weighted by atomic mass is 9.99. The van der Waals surface area contributed by atoms with Gasteiger partial charge in [0.05, 0.1) is 16.7 Å². The number of hydrogen-bond donors (Lipinski definition) is 0. The second kappa shape index (κ2) is 6.69. The first-order valence-corrected chi connectivity index (χ1v) is 7.84. The van der Waals surface area contributed by atoms with Gasteiger partial charge in [-0.2, -0.15) is 0 Å². The predicted octanol–water partition coefficient (Wildman–Crippen LogP) is 6.45. The molecular weight excluding hydrogens is 291 g/mol. The van der Waals surface area contributed by atoms with Crippen LogP contribution in [-0.2, 0) is 0 Å². The van der Waals surface area contributed by atoms with Crippen molar-refractivity contribution in [2.45, 2.75) is 39.5 Å². The Morgan fingerprint density at radius 3 is 2.55 bits per heavy atom. The molecule has 0 N–H and O–H groups in total. The van der Waals surface area contributed by atoms with Crippen molar-refractivity contribution in [3.05, 3.63) is 39.9 Å². The fourth-order valence-corrected chi connectivity index (χ4v) is 2.78. The highest BCUT2D eigenvalue weighted by Gasteiger charge is 2.13. The lowest BCUT2D eigenvalue weighted by Gasteiger charge is -2.13. The van der Waals surface area contributed by atoms with Crippen LogP contribution in [0.5, 0.6) is 5.75 Å². The Kier molecular flexibility index (Phi) is 5.17. The molecule has 0 heterocycles. The van der Waals surface area contributed by atoms with Crippen LogP contribution in [0.1, 0.15) is 45.1 Å². The van der Waals surface area contributed by atoms with Gasteiger partial charge in [-0.15, -0.1) is 0 Å². The minimum atomic E-state index is 0.484. The second-order valence-corrected chi connectivity index (χ2v) is 6.12. The average Bonchev–Trinajstić information content (AvgIpc) is 2.41. The maximum Gasteiger partial charge on any atom is 0.157 e. The number of halogens is 2. The summed E-state index contributed by atoms with van der Waals surface area (Å²) in [4.78, 5) is 0. The van der Waals surface area contributed by atoms with Gasteiger partial charge < -0.3 is 4.74 Å². The number of unbranched alkanes of at least 4 members (excludes halogenated alkanes) is 1. The van der Waals surface area contributed by atoms with Gasteiger partial charge in [-0.25, -0.2) is 0 Å². The SMILES string of the molecule is CCCCOc1c(Cl)cc2cc(C(C)C)ccc2c1Cl. The van der Waals surface area contributed by atoms with Crippen LogP contribution in [0.15, 0.2) is 24.3 Å². The topological polar surface area (TPSA) is 9.23 Å². The molecule has 0 spiro atoms. The van der Waals surface area contributed by atoms with Crippen molar-refractivity contribution in [2.75, 3.05) is 6.61 Å². The minimum absolute atomic E-state index is 0.484. The van der Waals surface area contributed by atoms with Crippen molar-refractivity contribution in [2.24, 2.45) is 0 Å². The Morgan fingerprint density at radius 2 is 1.90 bits per heavy atom. The molecule has 2 aromatic rings. The van der Waals surface area contributed by atoms with Gasteiger partial charge in [0.2, 0.25) is 0 Å². The molecule has 0 aliphatic heterocycles. The smallest absolute Gasteiger partial charge is 0.157 e. The Balaban J connectivity index is 2.44. The lowest BCUT2D eigenvalue weighted by molar-refractivity contribution is 0.310. The van der Waals surface area contributed by atoms with E-state index in [0.717, 1.165) is 23.6 Å². The predicted molar refractivity (Wildman–Crippen MR) is 88.5 cm³/mol. The van der Waals surface area contributed by atoms with Crippen molar-refractivity contribution < 1.29 is 4.74 Å². The first-order valence-electron chi connectivity index (χ1n) is 7.09. The molecule has 0 bridgehead atoms. The first-order chi connectivity index (χ1) is 9.54. The van der Waals surface area contributed by atoms with E-state index in [1.54, 1.807) is 0 Å². The summed E-state index contributed by atoms with van der Waals surface area (Å²) in [6, 6.07) is 8.25. The summed E-state index contributed by atoms with van der Waals surface area (Å²) >= 11 is 12.8. The van der Waals surface area contributed by atoms with Crippen molar-refractivity contribution in [1.82, 2.24) is 0 Å². The Labute approximate surface area is 130 Å². The largest absolute Gasteiger partial charge is 0.490 e. The molecule has 0 fully saturated rings. The van der Waals surface area contributed by atoms with Crippen LogP contribution < -0.4 is 4.74 Å². The standard InChI is InChI=1S/C17H20Cl2O/c1-4-5-8-20-17-15(18)10-13-9-12(11(2)3)6-7-14(13)16(17)19/h6-7,9-11H,4-5,8H2,1-3H3. The van der Waals surface area contributed by atoms with Gasteiger partial charge in [0.1, 0.15) is 0 Å². The summed E-state index contributed by atoms with van der Waals surface area (Å²) in [7, 11) is 0. The highest BCUT2D eigenvalue weighted by molar-refractivity contribution is 6.41. The quantitative estimate of drug-likeness (QED) is 0.577. The highest BCUT2D eigenvalue weighted by atomic mass is 35.5. The Hall–Kier alpha value is -0.920. The maximum atomic E-state index is 6.45. The highest BCUT2D eigenvalue weighted by Crippen LogP contribution is 2.40. The molecule has 2 rings (SSSR count). The Bertz CT molecular complexity index is 605. The van der Waals surface area contributed by atoms with Crippen molar-refractivity contribution in [3.8, 4) is 5.75 Å². The van der Waals surface area contributed by atoms with E-state index in [2.05, 4.69) is 39.0 Å². The monoisotopic (exact) mass is 310 g/mol. The van der Waals surface area contributed by atoms with Crippen molar-refractivity contribution in [1.29, 1.82) is 0 Å². The van der Waals surface area contributed by atoms with Crippen LogP contribution in [0.2, 0.25) is 10.0 Å². The fraction of sp³-hybridized carbons (Fsp3) is 0.412. The van der Waals surface area contributed by atoms with E-state index in [-0.39, 0.29) is 0 Å². The van der Waals surface area contributed by atoms with Crippen LogP contribution in [0.25, 0.3) is 10.8 Å². The van der Waals surface area contributed by atoms with Gasteiger partial charge in [0.15, 0.2) is 5.75 Å². The van der Waals surface area contributed by atoms with Crippen molar-refractivity contribution in [3.63, 3.8) is 0 Å². The third-order valence-electron chi connectivity index (χ3n) is 3.42. The molecule has 0 atom stereocenters. The van der Waals surface area contributed by atoms with Crippen LogP contribution in [0.4, 0.5) is 0 Å². The number of hydrogen-bond acceptors (Lipinski definition) is 1. The summed E-state index contributed by atoms with van der Waals surface area (Å²) < 4.78 is 5.73. The normalized spacial score (nSPS) is 11.3. The number of fused-ring (bicyclic) bond motifs is 1. The van der Waals surface area contributed by atoms with E-state index in [1.807, 2.05) is 6.07 Å². The van der Waals surface area contributed by atoms with Gasteiger partial charge >= 0.3 is 0 Å². The van der Waals surface area contributed by atoms with Crippen LogP contribution in [0.3, 0.4) is 0 Å². The molecule has 0 aliphatic rings. The number of ether oxygens (including phenoxy) is 1. The van der Waals surface area contributed by atoms with E-state index in [4.69, 9.17) is 27.9 Å². The van der Waals surface area contributed by atoms with E-state index in [0.29, 0.717) is 28.3 Å². The van der Waals surface area contributed by atoms with Gasteiger partial charge in [0.25, 0.3) is 0 Å². The second-order valence-electron chi connectivity index (χ2n) is 5.34. The van der Waals surface area contributed by atoms with E-state index >= 15 is 0 Å². The molecule has 2 aromatic carbocycles. The molecule has 0 saturated carbocycles. The van der Waals surface area contributed by atoms with Crippen LogP contribution in [0, 0.1) is 0 Å². The summed E-state index contributed by atoms with van der Waals surface area (Å²) in [5.74, 6) is 1.09. The molecular formula is C17H20Cl2O. The summed E-state index contributed by atoms with van der Waals surface area (Å²) in [5, 5.41) is 3.25. The van der Waals surface area contributed by atoms with E-state index < -0.39 is 0 Å². The summed E-state index contributed by atoms with van der Waals surface area (Å²) in [6.07, 6.45) is 2.08. The number of rotatable bonds is 5. The molecule has 0 aromatic heterocycles. The zero-order chi connectivity index (χ0) is 14.7. The van der Waals surface area contributed by atoms with Gasteiger partial charge in [0, 0.05) is 5.39 Å². The van der Waals surface area contributed by atoms with Gasteiger partial charge in [-0.3, -0.25) is 0 Å². The van der Waals surface area contributed by atoms with Crippen molar-refractivity contribution >= 4 is 34.0 Å². The first kappa shape index (κ1) is 15.5. The third-order valence-corrected chi connectivity index (χ3v) is 4.08. The molecule has 0 radical (unpaired) electrons. The summed E-state index contributed by atoms with van der Waals surface area (Å²) in [6.45, 7) is 7.12. The van der Waals surface area contributed by atoms with Gasteiger partial charge in [-0.05, 0) is 29.4 Å². The zero-order valence-electron chi connectivity index (χ0n) is 12.2. The molecule has 0 saturated heterocycles. The lowest BCUT2D eigenvalue weighted by Crippen LogP contribution is -1.98. The van der Waals surface area contributed by atoms with Crippen LogP contribution >= 0.6 is 23.2 Å². The van der Waals surface area contributed by atoms with Gasteiger partial charge in [-0.1, -0.05) is 68.6 Å². The minimum Gasteiger partial charge on any atom is -0.490 e.